The summed E-state index contributed by atoms with van der Waals surface area (Å²) in [6.45, 7) is 1.94. The van der Waals surface area contributed by atoms with E-state index in [1.54, 1.807) is 55.4 Å². The van der Waals surface area contributed by atoms with E-state index in [2.05, 4.69) is 10.3 Å². The molecule has 178 valence electrons. The Hall–Kier alpha value is -2.75. The molecule has 1 amide bonds. The van der Waals surface area contributed by atoms with Crippen LogP contribution in [0.5, 0.6) is 0 Å². The van der Waals surface area contributed by atoms with Crippen LogP contribution in [0.1, 0.15) is 37.3 Å². The van der Waals surface area contributed by atoms with Crippen LogP contribution in [-0.4, -0.2) is 61.2 Å². The number of nitrogens with one attached hydrogen (secondary N) is 1. The molecule has 0 bridgehead atoms. The molecule has 0 aliphatic heterocycles. The Morgan fingerprint density at radius 1 is 1.12 bits per heavy atom. The fourth-order valence-corrected chi connectivity index (χ4v) is 5.42. The van der Waals surface area contributed by atoms with Crippen LogP contribution in [0.2, 0.25) is 0 Å². The molecule has 3 atom stereocenters. The third-order valence-electron chi connectivity index (χ3n) is 5.44. The van der Waals surface area contributed by atoms with Gasteiger partial charge in [0.15, 0.2) is 21.5 Å². The Morgan fingerprint density at radius 2 is 1.79 bits per heavy atom. The van der Waals surface area contributed by atoms with Crippen molar-refractivity contribution in [2.45, 2.75) is 43.7 Å². The van der Waals surface area contributed by atoms with E-state index in [1.165, 1.54) is 0 Å². The maximum absolute atomic E-state index is 13.1. The molecule has 1 aromatic heterocycles. The smallest absolute Gasteiger partial charge is 0.238 e. The van der Waals surface area contributed by atoms with E-state index in [9.17, 15) is 18.3 Å². The summed E-state index contributed by atoms with van der Waals surface area (Å²) < 4.78 is 31.3. The first-order valence-corrected chi connectivity index (χ1v) is 12.8. The van der Waals surface area contributed by atoms with Crippen molar-refractivity contribution in [3.63, 3.8) is 0 Å². The van der Waals surface area contributed by atoms with E-state index < -0.39 is 33.9 Å². The number of carbonyl (C=O) groups is 1. The number of nitrogens with zero attached hydrogens (tertiary/aromatic N) is 2. The van der Waals surface area contributed by atoms with Crippen molar-refractivity contribution in [2.24, 2.45) is 0 Å². The number of oxazole rings is 1. The number of sulfone groups is 1. The number of fused-ring (bicyclic) bond motifs is 1. The van der Waals surface area contributed by atoms with Crippen molar-refractivity contribution < 1.29 is 22.7 Å². The predicted molar refractivity (Wildman–Crippen MR) is 127 cm³/mol. The SMILES string of the molecule is CCC[C@H](NC(=O)[C@H](CS(=O)(=O)Cc1ccccc1)N(C)C)C(O)c1nc2ccccc2o1. The molecular weight excluding hydrogens is 442 g/mol. The van der Waals surface area contributed by atoms with E-state index in [4.69, 9.17) is 4.42 Å². The van der Waals surface area contributed by atoms with Crippen LogP contribution in [0.3, 0.4) is 0 Å². The molecule has 1 unspecified atom stereocenters. The van der Waals surface area contributed by atoms with Crippen LogP contribution in [0.15, 0.2) is 59.0 Å². The Labute approximate surface area is 194 Å². The summed E-state index contributed by atoms with van der Waals surface area (Å²) in [5.41, 5.74) is 1.84. The van der Waals surface area contributed by atoms with Gasteiger partial charge in [-0.15, -0.1) is 0 Å². The van der Waals surface area contributed by atoms with Gasteiger partial charge in [-0.25, -0.2) is 13.4 Å². The second-order valence-corrected chi connectivity index (χ2v) is 10.5. The Kier molecular flexibility index (Phi) is 8.23. The molecule has 0 saturated heterocycles. The van der Waals surface area contributed by atoms with Crippen LogP contribution in [0.4, 0.5) is 0 Å². The summed E-state index contributed by atoms with van der Waals surface area (Å²) in [6.07, 6.45) is 0.00835. The number of aliphatic hydroxyl groups is 1. The largest absolute Gasteiger partial charge is 0.438 e. The fourth-order valence-electron chi connectivity index (χ4n) is 3.67. The highest BCUT2D eigenvalue weighted by Gasteiger charge is 2.32. The molecule has 2 aromatic carbocycles. The van der Waals surface area contributed by atoms with Gasteiger partial charge in [-0.3, -0.25) is 9.69 Å². The van der Waals surface area contributed by atoms with E-state index in [1.807, 2.05) is 25.1 Å². The average molecular weight is 474 g/mol. The van der Waals surface area contributed by atoms with Gasteiger partial charge in [0, 0.05) is 0 Å². The van der Waals surface area contributed by atoms with Crippen molar-refractivity contribution >= 4 is 26.8 Å². The molecular formula is C24H31N3O5S. The van der Waals surface area contributed by atoms with Gasteiger partial charge in [0.2, 0.25) is 11.8 Å². The standard InChI is InChI=1S/C24H31N3O5S/c1-4-10-19(22(28)24-26-18-13-8-9-14-21(18)32-24)25-23(29)20(27(2)3)16-33(30,31)15-17-11-6-5-7-12-17/h5-9,11-14,19-20,22,28H,4,10,15-16H2,1-3H3,(H,25,29)/t19-,20-,22?/m0/s1. The van der Waals surface area contributed by atoms with Crippen molar-refractivity contribution in [3.05, 3.63) is 66.1 Å². The zero-order valence-corrected chi connectivity index (χ0v) is 20.0. The van der Waals surface area contributed by atoms with Crippen molar-refractivity contribution in [2.75, 3.05) is 19.8 Å². The van der Waals surface area contributed by atoms with Crippen LogP contribution in [0, 0.1) is 0 Å². The van der Waals surface area contributed by atoms with Gasteiger partial charge in [-0.1, -0.05) is 55.8 Å². The minimum atomic E-state index is -3.56. The molecule has 2 N–H and O–H groups in total. The topological polar surface area (TPSA) is 113 Å². The first kappa shape index (κ1) is 24.9. The fraction of sp³-hybridized carbons (Fsp3) is 0.417. The Morgan fingerprint density at radius 3 is 2.42 bits per heavy atom. The van der Waals surface area contributed by atoms with Crippen molar-refractivity contribution in [1.29, 1.82) is 0 Å². The number of benzene rings is 2. The van der Waals surface area contributed by atoms with Gasteiger partial charge in [0.1, 0.15) is 11.6 Å². The zero-order valence-electron chi connectivity index (χ0n) is 19.1. The number of para-hydroxylation sites is 2. The number of rotatable bonds is 11. The molecule has 0 saturated carbocycles. The van der Waals surface area contributed by atoms with Gasteiger partial charge in [0.25, 0.3) is 0 Å². The first-order valence-electron chi connectivity index (χ1n) is 10.9. The highest BCUT2D eigenvalue weighted by molar-refractivity contribution is 7.90. The molecule has 0 fully saturated rings. The molecule has 0 aliphatic carbocycles. The third kappa shape index (κ3) is 6.63. The lowest BCUT2D eigenvalue weighted by molar-refractivity contribution is -0.126. The monoisotopic (exact) mass is 473 g/mol. The molecule has 33 heavy (non-hydrogen) atoms. The van der Waals surface area contributed by atoms with Crippen LogP contribution < -0.4 is 5.32 Å². The molecule has 1 heterocycles. The van der Waals surface area contributed by atoms with Crippen LogP contribution in [0.25, 0.3) is 11.1 Å². The average Bonchev–Trinajstić information content (AvgIpc) is 3.21. The van der Waals surface area contributed by atoms with E-state index in [0.29, 0.717) is 29.5 Å². The number of likely N-dealkylation sites (N-methyl/N-ethyl adjacent to an activating group) is 1. The second kappa shape index (κ2) is 10.9. The molecule has 3 aromatic rings. The molecule has 8 nitrogen and oxygen atoms in total. The molecule has 3 rings (SSSR count). The summed E-state index contributed by atoms with van der Waals surface area (Å²) in [5.74, 6) is -0.827. The van der Waals surface area contributed by atoms with Crippen molar-refractivity contribution in [3.8, 4) is 0 Å². The minimum absolute atomic E-state index is 0.119. The highest BCUT2D eigenvalue weighted by atomic mass is 32.2. The van der Waals surface area contributed by atoms with Gasteiger partial charge >= 0.3 is 0 Å². The summed E-state index contributed by atoms with van der Waals surface area (Å²) >= 11 is 0. The summed E-state index contributed by atoms with van der Waals surface area (Å²) in [5, 5.41) is 13.7. The summed E-state index contributed by atoms with van der Waals surface area (Å²) in [4.78, 5) is 19.0. The number of hydrogen-bond acceptors (Lipinski definition) is 7. The Bertz CT molecular complexity index is 1130. The lowest BCUT2D eigenvalue weighted by Crippen LogP contribution is -2.51. The van der Waals surface area contributed by atoms with Gasteiger partial charge in [0.05, 0.1) is 17.5 Å². The van der Waals surface area contributed by atoms with Crippen LogP contribution >= 0.6 is 0 Å². The van der Waals surface area contributed by atoms with E-state index >= 15 is 0 Å². The van der Waals surface area contributed by atoms with Gasteiger partial charge < -0.3 is 14.8 Å². The number of amides is 1. The maximum atomic E-state index is 13.1. The maximum Gasteiger partial charge on any atom is 0.238 e. The van der Waals surface area contributed by atoms with Gasteiger partial charge in [-0.2, -0.15) is 0 Å². The highest BCUT2D eigenvalue weighted by Crippen LogP contribution is 2.24. The second-order valence-electron chi connectivity index (χ2n) is 8.39. The lowest BCUT2D eigenvalue weighted by atomic mass is 10.0. The summed E-state index contributed by atoms with van der Waals surface area (Å²) in [6, 6.07) is 14.5. The molecule has 0 radical (unpaired) electrons. The number of aromatic nitrogens is 1. The minimum Gasteiger partial charge on any atom is -0.438 e. The first-order chi connectivity index (χ1) is 15.7. The third-order valence-corrected chi connectivity index (χ3v) is 7.04. The van der Waals surface area contributed by atoms with Crippen molar-refractivity contribution in [1.82, 2.24) is 15.2 Å². The lowest BCUT2D eigenvalue weighted by Gasteiger charge is -2.28. The number of hydrogen-bond donors (Lipinski definition) is 2. The molecule has 0 spiro atoms. The number of carbonyl (C=O) groups excluding carboxylic acids is 1. The zero-order chi connectivity index (χ0) is 24.0. The predicted octanol–water partition coefficient (Wildman–Crippen LogP) is 2.69. The van der Waals surface area contributed by atoms with E-state index in [0.717, 1.165) is 0 Å². The normalized spacial score (nSPS) is 14.8. The molecule has 9 heteroatoms. The molecule has 0 aliphatic rings. The van der Waals surface area contributed by atoms with E-state index in [-0.39, 0.29) is 17.4 Å². The number of aliphatic hydroxyl groups excluding tert-OH is 1. The quantitative estimate of drug-likeness (QED) is 0.440. The van der Waals surface area contributed by atoms with Crippen LogP contribution in [-0.2, 0) is 20.4 Å². The van der Waals surface area contributed by atoms with Gasteiger partial charge in [-0.05, 0) is 38.2 Å². The Balaban J connectivity index is 1.74. The summed E-state index contributed by atoms with van der Waals surface area (Å²) in [7, 11) is -0.235.